The summed E-state index contributed by atoms with van der Waals surface area (Å²) in [5, 5.41) is 6.52. The average Bonchev–Trinajstić information content (AvgIpc) is 2.59. The molecule has 2 aromatic rings. The number of nitrogens with zero attached hydrogens (tertiary/aromatic N) is 1. The van der Waals surface area contributed by atoms with Gasteiger partial charge in [-0.2, -0.15) is 0 Å². The van der Waals surface area contributed by atoms with Crippen molar-refractivity contribution in [3.05, 3.63) is 47.1 Å². The number of hydrogen-bond donors (Lipinski definition) is 2. The number of pyridine rings is 1. The number of ether oxygens (including phenoxy) is 2. The van der Waals surface area contributed by atoms with Crippen molar-refractivity contribution in [1.29, 1.82) is 0 Å². The number of benzene rings is 1. The van der Waals surface area contributed by atoms with Crippen LogP contribution in [-0.2, 0) is 4.74 Å². The molecule has 0 bridgehead atoms. The van der Waals surface area contributed by atoms with Crippen molar-refractivity contribution in [1.82, 2.24) is 10.3 Å². The van der Waals surface area contributed by atoms with Gasteiger partial charge in [-0.25, -0.2) is 4.98 Å². The van der Waals surface area contributed by atoms with Gasteiger partial charge in [0.25, 0.3) is 5.91 Å². The third-order valence-electron chi connectivity index (χ3n) is 3.26. The number of carbonyl (C=O) groups excluding carboxylic acids is 1. The minimum atomic E-state index is -0.162. The Hall–Kier alpha value is -2.31. The van der Waals surface area contributed by atoms with E-state index in [1.165, 1.54) is 6.20 Å². The lowest BCUT2D eigenvalue weighted by molar-refractivity contribution is 0.0948. The smallest absolute Gasteiger partial charge is 0.252 e. The molecular formula is C17H20ClN3O3. The van der Waals surface area contributed by atoms with Gasteiger partial charge in [0.2, 0.25) is 0 Å². The number of anilines is 2. The first-order chi connectivity index (χ1) is 11.6. The third kappa shape index (κ3) is 5.11. The fraction of sp³-hybridized carbons (Fsp3) is 0.294. The maximum absolute atomic E-state index is 12.0. The molecule has 128 valence electrons. The van der Waals surface area contributed by atoms with E-state index in [0.717, 1.165) is 6.42 Å². The summed E-state index contributed by atoms with van der Waals surface area (Å²) in [6, 6.07) is 8.70. The van der Waals surface area contributed by atoms with Crippen LogP contribution in [-0.4, -0.2) is 38.3 Å². The molecule has 0 spiro atoms. The molecule has 1 aromatic heterocycles. The van der Waals surface area contributed by atoms with Crippen LogP contribution >= 0.6 is 11.6 Å². The van der Waals surface area contributed by atoms with Crippen molar-refractivity contribution in [2.75, 3.05) is 32.7 Å². The first-order valence-corrected chi connectivity index (χ1v) is 7.85. The van der Waals surface area contributed by atoms with Crippen molar-refractivity contribution in [2.24, 2.45) is 0 Å². The lowest BCUT2D eigenvalue weighted by atomic mass is 10.2. The summed E-state index contributed by atoms with van der Waals surface area (Å²) >= 11 is 6.00. The second-order valence-corrected chi connectivity index (χ2v) is 5.44. The molecule has 7 heteroatoms. The number of amides is 1. The quantitative estimate of drug-likeness (QED) is 0.716. The number of halogens is 1. The molecule has 1 amide bonds. The number of nitrogens with one attached hydrogen (secondary N) is 2. The molecule has 1 heterocycles. The maximum atomic E-state index is 12.0. The van der Waals surface area contributed by atoms with Crippen LogP contribution in [0.25, 0.3) is 0 Å². The Morgan fingerprint density at radius 3 is 2.75 bits per heavy atom. The maximum Gasteiger partial charge on any atom is 0.252 e. The lowest BCUT2D eigenvalue weighted by Crippen LogP contribution is -2.25. The topological polar surface area (TPSA) is 72.5 Å². The summed E-state index contributed by atoms with van der Waals surface area (Å²) in [7, 11) is 3.21. The summed E-state index contributed by atoms with van der Waals surface area (Å²) < 4.78 is 10.2. The third-order valence-corrected chi connectivity index (χ3v) is 3.50. The molecule has 1 aromatic carbocycles. The zero-order valence-corrected chi connectivity index (χ0v) is 14.4. The predicted molar refractivity (Wildman–Crippen MR) is 94.3 cm³/mol. The highest BCUT2D eigenvalue weighted by Crippen LogP contribution is 2.29. The zero-order chi connectivity index (χ0) is 17.4. The molecule has 6 nitrogen and oxygen atoms in total. The molecule has 0 aliphatic rings. The van der Waals surface area contributed by atoms with Crippen LogP contribution in [0.1, 0.15) is 16.8 Å². The van der Waals surface area contributed by atoms with E-state index in [1.54, 1.807) is 44.6 Å². The Kier molecular flexibility index (Phi) is 6.84. The second-order valence-electron chi connectivity index (χ2n) is 5.00. The van der Waals surface area contributed by atoms with Gasteiger partial charge in [0.05, 0.1) is 18.4 Å². The number of aromatic nitrogens is 1. The van der Waals surface area contributed by atoms with E-state index >= 15 is 0 Å². The minimum absolute atomic E-state index is 0.162. The summed E-state index contributed by atoms with van der Waals surface area (Å²) in [5.74, 6) is 1.08. The highest BCUT2D eigenvalue weighted by Gasteiger charge is 2.08. The molecule has 0 aliphatic heterocycles. The van der Waals surface area contributed by atoms with E-state index in [1.807, 2.05) is 0 Å². The first-order valence-electron chi connectivity index (χ1n) is 7.48. The lowest BCUT2D eigenvalue weighted by Gasteiger charge is -2.11. The van der Waals surface area contributed by atoms with Gasteiger partial charge in [-0.15, -0.1) is 0 Å². The van der Waals surface area contributed by atoms with Gasteiger partial charge in [-0.05, 0) is 36.8 Å². The fourth-order valence-corrected chi connectivity index (χ4v) is 2.21. The van der Waals surface area contributed by atoms with Gasteiger partial charge in [0.1, 0.15) is 11.6 Å². The molecule has 0 unspecified atom stereocenters. The summed E-state index contributed by atoms with van der Waals surface area (Å²) in [5.41, 5.74) is 1.20. The van der Waals surface area contributed by atoms with Crippen molar-refractivity contribution < 1.29 is 14.3 Å². The van der Waals surface area contributed by atoms with Crippen molar-refractivity contribution in [3.8, 4) is 5.75 Å². The SMILES string of the molecule is COCCCNC(=O)c1ccc(Nc2cc(Cl)ccc2OC)nc1. The standard InChI is InChI=1S/C17H20ClN3O3/c1-23-9-3-8-19-17(22)12-4-7-16(20-11-12)21-14-10-13(18)5-6-15(14)24-2/h4-7,10-11H,3,8-9H2,1-2H3,(H,19,22)(H,20,21). The van der Waals surface area contributed by atoms with E-state index < -0.39 is 0 Å². The summed E-state index contributed by atoms with van der Waals surface area (Å²) in [6.45, 7) is 1.18. The van der Waals surface area contributed by atoms with Crippen molar-refractivity contribution in [2.45, 2.75) is 6.42 Å². The van der Waals surface area contributed by atoms with Crippen LogP contribution in [0.2, 0.25) is 5.02 Å². The number of carbonyl (C=O) groups is 1. The summed E-state index contributed by atoms with van der Waals surface area (Å²) in [6.07, 6.45) is 2.29. The Labute approximate surface area is 146 Å². The molecule has 2 N–H and O–H groups in total. The monoisotopic (exact) mass is 349 g/mol. The molecule has 2 rings (SSSR count). The molecular weight excluding hydrogens is 330 g/mol. The first kappa shape index (κ1) is 18.0. The van der Waals surface area contributed by atoms with E-state index in [-0.39, 0.29) is 5.91 Å². The normalized spacial score (nSPS) is 10.3. The van der Waals surface area contributed by atoms with Crippen LogP contribution in [0.5, 0.6) is 5.75 Å². The van der Waals surface area contributed by atoms with Gasteiger partial charge in [0.15, 0.2) is 0 Å². The van der Waals surface area contributed by atoms with Gasteiger partial charge in [0, 0.05) is 31.5 Å². The molecule has 0 saturated heterocycles. The largest absolute Gasteiger partial charge is 0.495 e. The van der Waals surface area contributed by atoms with Crippen LogP contribution in [0.15, 0.2) is 36.5 Å². The van der Waals surface area contributed by atoms with Gasteiger partial charge in [-0.1, -0.05) is 11.6 Å². The van der Waals surface area contributed by atoms with E-state index in [9.17, 15) is 4.79 Å². The van der Waals surface area contributed by atoms with E-state index in [4.69, 9.17) is 21.1 Å². The van der Waals surface area contributed by atoms with Gasteiger partial charge < -0.3 is 20.1 Å². The van der Waals surface area contributed by atoms with Gasteiger partial charge >= 0.3 is 0 Å². The van der Waals surface area contributed by atoms with Crippen LogP contribution in [0.3, 0.4) is 0 Å². The zero-order valence-electron chi connectivity index (χ0n) is 13.6. The minimum Gasteiger partial charge on any atom is -0.495 e. The van der Waals surface area contributed by atoms with Crippen LogP contribution < -0.4 is 15.4 Å². The molecule has 0 fully saturated rings. The Morgan fingerprint density at radius 2 is 2.08 bits per heavy atom. The Bertz CT molecular complexity index is 677. The number of methoxy groups -OCH3 is 2. The van der Waals surface area contributed by atoms with E-state index in [2.05, 4.69) is 15.6 Å². The Balaban J connectivity index is 1.99. The van der Waals surface area contributed by atoms with Crippen LogP contribution in [0, 0.1) is 0 Å². The van der Waals surface area contributed by atoms with Crippen LogP contribution in [0.4, 0.5) is 11.5 Å². The van der Waals surface area contributed by atoms with Crippen molar-refractivity contribution >= 4 is 29.0 Å². The molecule has 0 atom stereocenters. The molecule has 0 saturated carbocycles. The van der Waals surface area contributed by atoms with E-state index in [0.29, 0.717) is 41.0 Å². The highest BCUT2D eigenvalue weighted by molar-refractivity contribution is 6.31. The molecule has 0 aliphatic carbocycles. The molecule has 0 radical (unpaired) electrons. The van der Waals surface area contributed by atoms with Gasteiger partial charge in [-0.3, -0.25) is 4.79 Å². The fourth-order valence-electron chi connectivity index (χ4n) is 2.04. The van der Waals surface area contributed by atoms with Crippen molar-refractivity contribution in [3.63, 3.8) is 0 Å². The number of hydrogen-bond acceptors (Lipinski definition) is 5. The predicted octanol–water partition coefficient (Wildman–Crippen LogP) is 3.25. The average molecular weight is 350 g/mol. The Morgan fingerprint density at radius 1 is 1.25 bits per heavy atom. The summed E-state index contributed by atoms with van der Waals surface area (Å²) in [4.78, 5) is 16.2. The highest BCUT2D eigenvalue weighted by atomic mass is 35.5. The molecule has 24 heavy (non-hydrogen) atoms. The number of rotatable bonds is 8. The second kappa shape index (κ2) is 9.10.